The van der Waals surface area contributed by atoms with Crippen LogP contribution in [0.2, 0.25) is 5.02 Å². The summed E-state index contributed by atoms with van der Waals surface area (Å²) in [5.74, 6) is -0.881. The number of hydrogen-bond donors (Lipinski definition) is 2. The summed E-state index contributed by atoms with van der Waals surface area (Å²) in [6.45, 7) is 9.51. The summed E-state index contributed by atoms with van der Waals surface area (Å²) in [5.41, 5.74) is 2.95. The average molecular weight is 623 g/mol. The number of piperazine rings is 1. The van der Waals surface area contributed by atoms with Gasteiger partial charge in [-0.25, -0.2) is 12.8 Å². The highest BCUT2D eigenvalue weighted by atomic mass is 35.5. The summed E-state index contributed by atoms with van der Waals surface area (Å²) in [4.78, 5) is 20.6. The van der Waals surface area contributed by atoms with Crippen LogP contribution in [-0.4, -0.2) is 60.6 Å². The van der Waals surface area contributed by atoms with Crippen molar-refractivity contribution in [2.45, 2.75) is 38.5 Å². The number of nitrogens with one attached hydrogen (secondary N) is 2. The van der Waals surface area contributed by atoms with Gasteiger partial charge in [0.15, 0.2) is 20.5 Å². The lowest BCUT2D eigenvalue weighted by Crippen LogP contribution is -2.45. The molecule has 0 amide bonds. The number of halogens is 2. The Kier molecular flexibility index (Phi) is 7.30. The van der Waals surface area contributed by atoms with Crippen LogP contribution in [0.15, 0.2) is 46.3 Å². The Balaban J connectivity index is 1.89. The van der Waals surface area contributed by atoms with Gasteiger partial charge in [-0.2, -0.15) is 5.10 Å². The maximum atomic E-state index is 17.5. The van der Waals surface area contributed by atoms with E-state index in [-0.39, 0.29) is 33.1 Å². The van der Waals surface area contributed by atoms with Crippen LogP contribution >= 0.6 is 11.6 Å². The van der Waals surface area contributed by atoms with Crippen LogP contribution in [-0.2, 0) is 9.84 Å². The number of benzene rings is 2. The minimum atomic E-state index is -4.09. The highest BCUT2D eigenvalue weighted by Gasteiger charge is 2.33. The zero-order valence-electron chi connectivity index (χ0n) is 24.5. The third kappa shape index (κ3) is 4.70. The van der Waals surface area contributed by atoms with Crippen LogP contribution in [0.5, 0.6) is 0 Å². The summed E-state index contributed by atoms with van der Waals surface area (Å²) in [5, 5.41) is 11.3. The number of fused-ring (bicyclic) bond motifs is 2. The van der Waals surface area contributed by atoms with Crippen LogP contribution in [0.1, 0.15) is 36.6 Å². The molecule has 43 heavy (non-hydrogen) atoms. The van der Waals surface area contributed by atoms with E-state index in [9.17, 15) is 13.2 Å². The molecule has 224 valence electrons. The lowest BCUT2D eigenvalue weighted by atomic mass is 9.94. The Morgan fingerprint density at radius 3 is 2.42 bits per heavy atom. The van der Waals surface area contributed by atoms with E-state index in [1.54, 1.807) is 31.5 Å². The van der Waals surface area contributed by atoms with Crippen molar-refractivity contribution in [3.63, 3.8) is 0 Å². The molecule has 0 radical (unpaired) electrons. The van der Waals surface area contributed by atoms with E-state index in [0.29, 0.717) is 59.6 Å². The number of aromatic amines is 1. The van der Waals surface area contributed by atoms with Gasteiger partial charge in [0, 0.05) is 60.5 Å². The van der Waals surface area contributed by atoms with Gasteiger partial charge >= 0.3 is 0 Å². The van der Waals surface area contributed by atoms with E-state index in [1.807, 2.05) is 37.8 Å². The maximum absolute atomic E-state index is 17.5. The predicted octanol–water partition coefficient (Wildman–Crippen LogP) is 5.27. The molecule has 6 rings (SSSR count). The van der Waals surface area contributed by atoms with Crippen LogP contribution < -0.4 is 15.8 Å². The van der Waals surface area contributed by atoms with E-state index in [0.717, 1.165) is 11.8 Å². The molecule has 2 aromatic carbocycles. The molecule has 1 saturated heterocycles. The first-order valence-electron chi connectivity index (χ1n) is 14.1. The first kappa shape index (κ1) is 29.3. The largest absolute Gasteiger partial charge is 0.367 e. The summed E-state index contributed by atoms with van der Waals surface area (Å²) < 4.78 is 45.6. The van der Waals surface area contributed by atoms with Gasteiger partial charge in [-0.3, -0.25) is 19.4 Å². The van der Waals surface area contributed by atoms with E-state index < -0.39 is 26.1 Å². The minimum absolute atomic E-state index is 0.0526. The van der Waals surface area contributed by atoms with Crippen molar-refractivity contribution >= 4 is 48.9 Å². The van der Waals surface area contributed by atoms with Gasteiger partial charge < -0.3 is 10.2 Å². The minimum Gasteiger partial charge on any atom is -0.367 e. The first-order valence-corrected chi connectivity index (χ1v) is 16.3. The number of H-pyrrole nitrogens is 1. The molecule has 9 nitrogen and oxygen atoms in total. The summed E-state index contributed by atoms with van der Waals surface area (Å²) in [6, 6.07) is 7.04. The Labute approximate surface area is 253 Å². The van der Waals surface area contributed by atoms with Crippen molar-refractivity contribution in [1.82, 2.24) is 25.1 Å². The third-order valence-electron chi connectivity index (χ3n) is 8.09. The monoisotopic (exact) mass is 622 g/mol. The number of hydrogen-bond acceptors (Lipinski definition) is 7. The van der Waals surface area contributed by atoms with Gasteiger partial charge in [0.25, 0.3) is 5.56 Å². The molecule has 0 aliphatic carbocycles. The van der Waals surface area contributed by atoms with E-state index in [4.69, 9.17) is 11.6 Å². The molecule has 4 heterocycles. The number of pyridine rings is 2. The fourth-order valence-electron chi connectivity index (χ4n) is 6.16. The molecule has 2 N–H and O–H groups in total. The number of aryl methyl sites for hydroxylation is 2. The summed E-state index contributed by atoms with van der Waals surface area (Å²) in [6.07, 6.45) is 4.27. The van der Waals surface area contributed by atoms with Crippen molar-refractivity contribution in [2.75, 3.05) is 37.3 Å². The Hall–Kier alpha value is -3.80. The molecule has 1 aliphatic heterocycles. The zero-order valence-corrected chi connectivity index (χ0v) is 26.1. The molecule has 0 saturated carbocycles. The van der Waals surface area contributed by atoms with Crippen molar-refractivity contribution in [3.05, 3.63) is 74.7 Å². The lowest BCUT2D eigenvalue weighted by Gasteiger charge is -2.33. The van der Waals surface area contributed by atoms with Gasteiger partial charge in [0.1, 0.15) is 0 Å². The molecule has 0 unspecified atom stereocenters. The van der Waals surface area contributed by atoms with Crippen LogP contribution in [0.3, 0.4) is 0 Å². The molecular weight excluding hydrogens is 591 g/mol. The fourth-order valence-corrected chi connectivity index (χ4v) is 7.44. The summed E-state index contributed by atoms with van der Waals surface area (Å²) in [7, 11) is -4.09. The van der Waals surface area contributed by atoms with Crippen molar-refractivity contribution in [1.29, 1.82) is 0 Å². The molecule has 12 heteroatoms. The van der Waals surface area contributed by atoms with Gasteiger partial charge in [0.05, 0.1) is 39.3 Å². The number of rotatable bonds is 5. The molecule has 0 atom stereocenters. The Morgan fingerprint density at radius 1 is 1.02 bits per heavy atom. The molecule has 3 aromatic heterocycles. The highest BCUT2D eigenvalue weighted by molar-refractivity contribution is 7.90. The summed E-state index contributed by atoms with van der Waals surface area (Å²) >= 11 is 6.96. The predicted molar refractivity (Wildman–Crippen MR) is 169 cm³/mol. The molecule has 0 spiro atoms. The van der Waals surface area contributed by atoms with Crippen LogP contribution in [0.4, 0.5) is 10.1 Å². The molecular formula is C31H32ClFN6O3S. The number of sulfone groups is 1. The van der Waals surface area contributed by atoms with Gasteiger partial charge in [-0.1, -0.05) is 31.5 Å². The second-order valence-electron chi connectivity index (χ2n) is 11.4. The van der Waals surface area contributed by atoms with E-state index >= 15 is 4.39 Å². The van der Waals surface area contributed by atoms with Crippen molar-refractivity contribution in [3.8, 4) is 16.8 Å². The third-order valence-corrected chi connectivity index (χ3v) is 9.50. The van der Waals surface area contributed by atoms with E-state index in [2.05, 4.69) is 20.5 Å². The quantitative estimate of drug-likeness (QED) is 0.274. The number of aromatic nitrogens is 4. The normalized spacial score (nSPS) is 14.4. The smallest absolute Gasteiger partial charge is 0.276 e. The second kappa shape index (κ2) is 10.7. The first-order chi connectivity index (χ1) is 20.4. The molecule has 1 fully saturated rings. The SMILES string of the molecule is Cc1ccnc(C(C)C)c1-n1c(=O)c(S(C)(=O)=O)c(N2CCNCC2)c2cc(Cl)c(-c3c(C)ccc4[nH]ncc34)c(F)c21. The van der Waals surface area contributed by atoms with Gasteiger partial charge in [0.2, 0.25) is 0 Å². The topological polar surface area (TPSA) is 113 Å². The molecule has 5 aromatic rings. The Morgan fingerprint density at radius 2 is 1.74 bits per heavy atom. The molecule has 0 bridgehead atoms. The highest BCUT2D eigenvalue weighted by Crippen LogP contribution is 2.44. The van der Waals surface area contributed by atoms with Crippen LogP contribution in [0.25, 0.3) is 38.6 Å². The molecule has 1 aliphatic rings. The fraction of sp³-hybridized carbons (Fsp3) is 0.323. The standard InChI is InChI=1S/C31H32ClFN6O3S/c1-16(2)26-27(18(4)8-9-35-26)39-28-19(29(38-12-10-34-11-13-38)30(31(39)40)43(5,41)42)14-21(32)24(25(28)33)23-17(3)6-7-22-20(23)15-36-37-22/h6-9,14-16,34H,10-13H2,1-5H3,(H,36,37). The van der Waals surface area contributed by atoms with Crippen molar-refractivity contribution < 1.29 is 12.8 Å². The van der Waals surface area contributed by atoms with Crippen molar-refractivity contribution in [2.24, 2.45) is 0 Å². The number of nitrogens with zero attached hydrogens (tertiary/aromatic N) is 4. The van der Waals surface area contributed by atoms with E-state index in [1.165, 1.54) is 4.57 Å². The number of anilines is 1. The van der Waals surface area contributed by atoms with Crippen LogP contribution in [0, 0.1) is 19.7 Å². The van der Waals surface area contributed by atoms with Gasteiger partial charge in [-0.05, 0) is 49.1 Å². The maximum Gasteiger partial charge on any atom is 0.276 e. The average Bonchev–Trinajstić information content (AvgIpc) is 3.43. The zero-order chi connectivity index (χ0) is 30.8. The Bertz CT molecular complexity index is 2100. The second-order valence-corrected chi connectivity index (χ2v) is 13.7. The van der Waals surface area contributed by atoms with Gasteiger partial charge in [-0.15, -0.1) is 0 Å². The lowest BCUT2D eigenvalue weighted by molar-refractivity contribution is 0.580.